The van der Waals surface area contributed by atoms with Gasteiger partial charge in [-0.15, -0.1) is 0 Å². The Morgan fingerprint density at radius 2 is 1.17 bits per heavy atom. The van der Waals surface area contributed by atoms with Crippen LogP contribution >= 0.6 is 11.8 Å². The molecule has 0 saturated carbocycles. The van der Waals surface area contributed by atoms with E-state index in [0.717, 1.165) is 0 Å². The topological polar surface area (TPSA) is 352 Å². The number of hydrogen-bond acceptors (Lipinski definition) is 16. The van der Waals surface area contributed by atoms with E-state index in [1.807, 2.05) is 0 Å². The maximum absolute atomic E-state index is 14.0. The van der Waals surface area contributed by atoms with Gasteiger partial charge in [-0.25, -0.2) is 0 Å². The van der Waals surface area contributed by atoms with Crippen molar-refractivity contribution in [2.45, 2.75) is 75.5 Å². The van der Waals surface area contributed by atoms with E-state index in [4.69, 9.17) is 45.0 Å². The Kier molecular flexibility index (Phi) is 33.6. The molecule has 0 unspecified atom stereocenters. The third-order valence-corrected chi connectivity index (χ3v) is 10.7. The highest BCUT2D eigenvalue weighted by molar-refractivity contribution is 7.99. The molecule has 1 aliphatic rings. The number of aliphatic carboxylic acids is 1. The van der Waals surface area contributed by atoms with Gasteiger partial charge in [0.15, 0.2) is 5.96 Å². The van der Waals surface area contributed by atoms with Crippen molar-refractivity contribution >= 4 is 59.1 Å². The number of aliphatic imine (C=N–C) groups is 1. The molecular weight excluding hydrogens is 927 g/mol. The third kappa shape index (κ3) is 30.9. The van der Waals surface area contributed by atoms with Gasteiger partial charge in [0.1, 0.15) is 24.2 Å². The average molecular weight is 1000 g/mol. The number of ether oxygens (including phenoxy) is 6. The van der Waals surface area contributed by atoms with Gasteiger partial charge in [0.2, 0.25) is 35.4 Å². The van der Waals surface area contributed by atoms with Crippen molar-refractivity contribution < 1.29 is 72.2 Å². The van der Waals surface area contributed by atoms with Crippen LogP contribution in [0, 0.1) is 0 Å². The van der Waals surface area contributed by atoms with Crippen LogP contribution < -0.4 is 43.4 Å². The largest absolute Gasteiger partial charge is 0.481 e. The first kappa shape index (κ1) is 60.0. The molecule has 4 atom stereocenters. The van der Waals surface area contributed by atoms with Crippen LogP contribution in [-0.2, 0) is 68.4 Å². The summed E-state index contributed by atoms with van der Waals surface area (Å²) in [5, 5.41) is 33.7. The van der Waals surface area contributed by atoms with E-state index in [9.17, 15) is 38.7 Å². The SMILES string of the molecule is NC(N)=NCCC[C@@H]1NC(=O)[C@H](CCCCNC(=O)CCSCCOCCOCCOCCOCCOCCOCCO)NC(=O)[C@@H](Cc2ccccc2)NC(=O)[C@H](CC(=O)O)NC(=O)CNC1=O. The van der Waals surface area contributed by atoms with Crippen molar-refractivity contribution in [1.82, 2.24) is 31.9 Å². The van der Waals surface area contributed by atoms with Crippen molar-refractivity contribution in [1.29, 1.82) is 0 Å². The number of benzene rings is 1. The molecule has 0 radical (unpaired) electrons. The molecule has 6 amide bonds. The fourth-order valence-electron chi connectivity index (χ4n) is 6.28. The van der Waals surface area contributed by atoms with Crippen molar-refractivity contribution in [3.63, 3.8) is 0 Å². The summed E-state index contributed by atoms with van der Waals surface area (Å²) in [6, 6.07) is 3.37. The monoisotopic (exact) mass is 999 g/mol. The number of aliphatic hydroxyl groups is 1. The number of nitrogens with two attached hydrogens (primary N) is 2. The van der Waals surface area contributed by atoms with E-state index in [0.29, 0.717) is 116 Å². The number of rotatable bonds is 36. The molecule has 24 nitrogen and oxygen atoms in total. The molecule has 2 rings (SSSR count). The second-order valence-electron chi connectivity index (χ2n) is 15.4. The summed E-state index contributed by atoms with van der Waals surface area (Å²) >= 11 is 1.57. The Morgan fingerprint density at radius 1 is 0.652 bits per heavy atom. The van der Waals surface area contributed by atoms with Crippen LogP contribution in [0.2, 0.25) is 0 Å². The number of unbranched alkanes of at least 4 members (excludes halogenated alkanes) is 1. The minimum atomic E-state index is -1.60. The Morgan fingerprint density at radius 3 is 1.75 bits per heavy atom. The summed E-state index contributed by atoms with van der Waals surface area (Å²) in [5.74, 6) is -4.51. The number of carbonyl (C=O) groups is 7. The average Bonchev–Trinajstić information content (AvgIpc) is 3.32. The van der Waals surface area contributed by atoms with Crippen LogP contribution in [0.25, 0.3) is 0 Å². The number of carboxylic acid groups (broad SMARTS) is 1. The van der Waals surface area contributed by atoms with Gasteiger partial charge in [-0.05, 0) is 37.7 Å². The van der Waals surface area contributed by atoms with Crippen LogP contribution in [0.15, 0.2) is 35.3 Å². The van der Waals surface area contributed by atoms with Crippen molar-refractivity contribution in [3.05, 3.63) is 35.9 Å². The predicted octanol–water partition coefficient (Wildman–Crippen LogP) is -2.67. The first-order chi connectivity index (χ1) is 33.4. The number of amides is 6. The van der Waals surface area contributed by atoms with Gasteiger partial charge in [0.05, 0.1) is 98.9 Å². The lowest BCUT2D eigenvalue weighted by molar-refractivity contribution is -0.141. The van der Waals surface area contributed by atoms with Crippen molar-refractivity contribution in [3.8, 4) is 0 Å². The van der Waals surface area contributed by atoms with Crippen LogP contribution in [0.5, 0.6) is 0 Å². The predicted molar refractivity (Wildman–Crippen MR) is 254 cm³/mol. The van der Waals surface area contributed by atoms with E-state index >= 15 is 0 Å². The van der Waals surface area contributed by atoms with E-state index < -0.39 is 72.6 Å². The fraction of sp³-hybridized carbons (Fsp3) is 0.682. The van der Waals surface area contributed by atoms with Gasteiger partial charge < -0.3 is 82.0 Å². The molecule has 390 valence electrons. The van der Waals surface area contributed by atoms with E-state index in [-0.39, 0.29) is 57.1 Å². The summed E-state index contributed by atoms with van der Waals surface area (Å²) in [5.41, 5.74) is 11.5. The molecule has 0 aliphatic carbocycles. The maximum atomic E-state index is 14.0. The van der Waals surface area contributed by atoms with Gasteiger partial charge in [-0.1, -0.05) is 30.3 Å². The van der Waals surface area contributed by atoms with E-state index in [1.165, 1.54) is 0 Å². The molecule has 1 heterocycles. The number of thioether (sulfide) groups is 1. The number of carboxylic acids is 1. The zero-order valence-corrected chi connectivity index (χ0v) is 40.1. The molecule has 12 N–H and O–H groups in total. The molecule has 69 heavy (non-hydrogen) atoms. The first-order valence-corrected chi connectivity index (χ1v) is 24.3. The first-order valence-electron chi connectivity index (χ1n) is 23.1. The van der Waals surface area contributed by atoms with Crippen molar-refractivity contribution in [2.75, 3.05) is 117 Å². The van der Waals surface area contributed by atoms with Crippen LogP contribution in [-0.4, -0.2) is 199 Å². The molecule has 0 spiro atoms. The molecule has 0 bridgehead atoms. The number of guanidine groups is 1. The Bertz CT molecular complexity index is 1680. The third-order valence-electron chi connectivity index (χ3n) is 9.76. The minimum absolute atomic E-state index is 0.00855. The Hall–Kier alpha value is -5.15. The lowest BCUT2D eigenvalue weighted by Crippen LogP contribution is -2.58. The summed E-state index contributed by atoms with van der Waals surface area (Å²) in [6.07, 6.45) is 0.589. The van der Waals surface area contributed by atoms with Crippen LogP contribution in [0.1, 0.15) is 50.5 Å². The highest BCUT2D eigenvalue weighted by atomic mass is 32.2. The number of hydrogen-bond donors (Lipinski definition) is 10. The maximum Gasteiger partial charge on any atom is 0.305 e. The highest BCUT2D eigenvalue weighted by Crippen LogP contribution is 2.10. The lowest BCUT2D eigenvalue weighted by Gasteiger charge is -2.26. The normalized spacial score (nSPS) is 18.1. The van der Waals surface area contributed by atoms with Crippen LogP contribution in [0.3, 0.4) is 0 Å². The Balaban J connectivity index is 1.82. The molecule has 1 saturated heterocycles. The molecule has 0 aromatic heterocycles. The number of aliphatic hydroxyl groups excluding tert-OH is 1. The standard InChI is InChI=1S/C44H73N9O15S/c45-44(46)48-13-6-10-33-40(59)49-31-38(56)50-36(30-39(57)58)43(62)53-35(29-32-7-2-1-3-8-32)42(61)52-34(41(60)51-33)9-4-5-12-47-37(55)11-27-69-28-26-68-25-24-67-23-22-66-21-20-65-19-18-64-17-16-63-15-14-54/h1-3,7-8,33-36,54H,4-6,9-31H2,(H,47,55)(H,49,59)(H,50,56)(H,51,60)(H,52,61)(H,53,62)(H,57,58)(H4,45,46,48)/t33-,34-,35+,36-/m0/s1. The summed E-state index contributed by atoms with van der Waals surface area (Å²) in [4.78, 5) is 95.6. The quantitative estimate of drug-likeness (QED) is 0.0186. The molecule has 1 aliphatic heterocycles. The molecule has 25 heteroatoms. The zero-order chi connectivity index (χ0) is 50.3. The van der Waals surface area contributed by atoms with Gasteiger partial charge in [0, 0.05) is 37.4 Å². The van der Waals surface area contributed by atoms with E-state index in [1.54, 1.807) is 42.1 Å². The molecular formula is C44H73N9O15S. The second-order valence-corrected chi connectivity index (χ2v) is 16.6. The fourth-order valence-corrected chi connectivity index (χ4v) is 7.05. The smallest absolute Gasteiger partial charge is 0.305 e. The van der Waals surface area contributed by atoms with Crippen molar-refractivity contribution in [2.24, 2.45) is 16.5 Å². The molecule has 1 aromatic carbocycles. The Labute approximate surface area is 407 Å². The van der Waals surface area contributed by atoms with Gasteiger partial charge >= 0.3 is 5.97 Å². The number of nitrogens with one attached hydrogen (secondary N) is 6. The van der Waals surface area contributed by atoms with Gasteiger partial charge in [0.25, 0.3) is 0 Å². The van der Waals surface area contributed by atoms with E-state index in [2.05, 4.69) is 36.9 Å². The lowest BCUT2D eigenvalue weighted by atomic mass is 10.0. The second kappa shape index (κ2) is 38.7. The molecule has 1 aromatic rings. The van der Waals surface area contributed by atoms with Crippen LogP contribution in [0.4, 0.5) is 0 Å². The number of carbonyl (C=O) groups excluding carboxylic acids is 6. The summed E-state index contributed by atoms with van der Waals surface area (Å²) in [6.45, 7) is 4.96. The summed E-state index contributed by atoms with van der Waals surface area (Å²) in [7, 11) is 0. The summed E-state index contributed by atoms with van der Waals surface area (Å²) < 4.78 is 32.4. The van der Waals surface area contributed by atoms with Gasteiger partial charge in [-0.2, -0.15) is 11.8 Å². The van der Waals surface area contributed by atoms with Gasteiger partial charge in [-0.3, -0.25) is 38.6 Å². The minimum Gasteiger partial charge on any atom is -0.481 e. The highest BCUT2D eigenvalue weighted by Gasteiger charge is 2.33. The zero-order valence-electron chi connectivity index (χ0n) is 39.3. The number of nitrogens with zero attached hydrogens (tertiary/aromatic N) is 1. The molecule has 1 fully saturated rings.